The highest BCUT2D eigenvalue weighted by Crippen LogP contribution is 2.05. The van der Waals surface area contributed by atoms with E-state index >= 15 is 0 Å². The Morgan fingerprint density at radius 2 is 2.29 bits per heavy atom. The van der Waals surface area contributed by atoms with Gasteiger partial charge in [-0.05, 0) is 16.8 Å². The standard InChI is InChI=1S/C9H13ClN6O/c10-2-5-17-4-1-3-12-8-6-11-7-9-13-14-15-16(8)9/h6-7,12H,1-5H2. The minimum absolute atomic E-state index is 0.529. The van der Waals surface area contributed by atoms with E-state index in [4.69, 9.17) is 16.3 Å². The molecule has 1 N–H and O–H groups in total. The molecule has 0 bridgehead atoms. The lowest BCUT2D eigenvalue weighted by molar-refractivity contribution is 0.149. The summed E-state index contributed by atoms with van der Waals surface area (Å²) in [4.78, 5) is 4.04. The fraction of sp³-hybridized carbons (Fsp3) is 0.556. The van der Waals surface area contributed by atoms with E-state index in [1.54, 1.807) is 16.9 Å². The van der Waals surface area contributed by atoms with Crippen molar-refractivity contribution in [2.24, 2.45) is 0 Å². The summed E-state index contributed by atoms with van der Waals surface area (Å²) < 4.78 is 6.86. The molecule has 0 atom stereocenters. The number of fused-ring (bicyclic) bond motifs is 1. The summed E-state index contributed by atoms with van der Waals surface area (Å²) in [6.07, 6.45) is 4.17. The second-order valence-corrected chi connectivity index (χ2v) is 3.70. The van der Waals surface area contributed by atoms with Crippen molar-refractivity contribution >= 4 is 23.1 Å². The summed E-state index contributed by atoms with van der Waals surface area (Å²) in [5.74, 6) is 1.30. The minimum atomic E-state index is 0.529. The highest BCUT2D eigenvalue weighted by atomic mass is 35.5. The van der Waals surface area contributed by atoms with Gasteiger partial charge in [-0.15, -0.1) is 16.7 Å². The summed E-state index contributed by atoms with van der Waals surface area (Å²) in [6.45, 7) is 2.04. The van der Waals surface area contributed by atoms with Crippen LogP contribution in [0, 0.1) is 0 Å². The van der Waals surface area contributed by atoms with Gasteiger partial charge in [0, 0.05) is 19.0 Å². The number of nitrogens with one attached hydrogen (secondary N) is 1. The number of ether oxygens (including phenoxy) is 1. The van der Waals surface area contributed by atoms with Gasteiger partial charge in [0.05, 0.1) is 19.0 Å². The Balaban J connectivity index is 1.80. The summed E-state index contributed by atoms with van der Waals surface area (Å²) >= 11 is 5.49. The Morgan fingerprint density at radius 1 is 1.35 bits per heavy atom. The third-order valence-corrected chi connectivity index (χ3v) is 2.26. The van der Waals surface area contributed by atoms with Crippen molar-refractivity contribution < 1.29 is 4.74 Å². The van der Waals surface area contributed by atoms with Crippen LogP contribution < -0.4 is 5.32 Å². The number of alkyl halides is 1. The highest BCUT2D eigenvalue weighted by Gasteiger charge is 2.02. The SMILES string of the molecule is ClCCOCCCNc1cncc2nnnn12. The van der Waals surface area contributed by atoms with Gasteiger partial charge in [0.1, 0.15) is 5.82 Å². The lowest BCUT2D eigenvalue weighted by Crippen LogP contribution is -2.10. The fourth-order valence-electron chi connectivity index (χ4n) is 1.34. The van der Waals surface area contributed by atoms with Gasteiger partial charge in [-0.1, -0.05) is 0 Å². The Bertz CT molecular complexity index is 461. The van der Waals surface area contributed by atoms with Crippen LogP contribution in [0.1, 0.15) is 6.42 Å². The van der Waals surface area contributed by atoms with Crippen molar-refractivity contribution in [1.29, 1.82) is 0 Å². The second-order valence-electron chi connectivity index (χ2n) is 3.32. The molecule has 0 aliphatic heterocycles. The Labute approximate surface area is 103 Å². The molecule has 92 valence electrons. The first-order valence-corrected chi connectivity index (χ1v) is 5.85. The number of nitrogens with zero attached hydrogens (tertiary/aromatic N) is 5. The molecule has 8 heteroatoms. The van der Waals surface area contributed by atoms with Crippen LogP contribution in [0.4, 0.5) is 5.82 Å². The van der Waals surface area contributed by atoms with Crippen LogP contribution in [0.5, 0.6) is 0 Å². The van der Waals surface area contributed by atoms with Crippen molar-refractivity contribution in [3.63, 3.8) is 0 Å². The van der Waals surface area contributed by atoms with Crippen LogP contribution in [-0.2, 0) is 4.74 Å². The molecule has 7 nitrogen and oxygen atoms in total. The molecular formula is C9H13ClN6O. The predicted octanol–water partition coefficient (Wildman–Crippen LogP) is 0.577. The lowest BCUT2D eigenvalue weighted by Gasteiger charge is -2.06. The van der Waals surface area contributed by atoms with Gasteiger partial charge in [-0.3, -0.25) is 4.98 Å². The van der Waals surface area contributed by atoms with E-state index in [1.165, 1.54) is 0 Å². The quantitative estimate of drug-likeness (QED) is 0.577. The molecule has 2 rings (SSSR count). The van der Waals surface area contributed by atoms with Gasteiger partial charge in [-0.25, -0.2) is 0 Å². The third-order valence-electron chi connectivity index (χ3n) is 2.10. The molecule has 0 saturated heterocycles. The maximum Gasteiger partial charge on any atom is 0.199 e. The number of anilines is 1. The Hall–Kier alpha value is -1.47. The first kappa shape index (κ1) is 12.0. The molecule has 2 aromatic rings. The maximum atomic E-state index is 5.49. The second kappa shape index (κ2) is 6.31. The van der Waals surface area contributed by atoms with E-state index in [0.717, 1.165) is 18.8 Å². The van der Waals surface area contributed by atoms with Gasteiger partial charge in [-0.2, -0.15) is 4.52 Å². The van der Waals surface area contributed by atoms with Crippen LogP contribution in [0.25, 0.3) is 5.65 Å². The number of hydrogen-bond donors (Lipinski definition) is 1. The highest BCUT2D eigenvalue weighted by molar-refractivity contribution is 6.17. The molecule has 0 fully saturated rings. The molecule has 2 heterocycles. The molecule has 0 radical (unpaired) electrons. The Morgan fingerprint density at radius 3 is 3.18 bits per heavy atom. The molecular weight excluding hydrogens is 244 g/mol. The summed E-state index contributed by atoms with van der Waals surface area (Å²) in [6, 6.07) is 0. The number of hydrogen-bond acceptors (Lipinski definition) is 6. The summed E-state index contributed by atoms with van der Waals surface area (Å²) in [5, 5.41) is 14.4. The number of halogens is 1. The number of aromatic nitrogens is 5. The Kier molecular flexibility index (Phi) is 4.45. The lowest BCUT2D eigenvalue weighted by atomic mass is 10.4. The fourth-order valence-corrected chi connectivity index (χ4v) is 1.45. The zero-order valence-electron chi connectivity index (χ0n) is 9.21. The van der Waals surface area contributed by atoms with E-state index in [1.807, 2.05) is 0 Å². The van der Waals surface area contributed by atoms with Gasteiger partial charge in [0.25, 0.3) is 0 Å². The monoisotopic (exact) mass is 256 g/mol. The maximum absolute atomic E-state index is 5.49. The van der Waals surface area contributed by atoms with Crippen LogP contribution in [0.15, 0.2) is 12.4 Å². The van der Waals surface area contributed by atoms with Crippen LogP contribution in [-0.4, -0.2) is 50.7 Å². The summed E-state index contributed by atoms with van der Waals surface area (Å²) in [5.41, 5.74) is 0.619. The topological polar surface area (TPSA) is 77.2 Å². The van der Waals surface area contributed by atoms with Crippen molar-refractivity contribution in [2.45, 2.75) is 6.42 Å². The normalized spacial score (nSPS) is 10.9. The number of rotatable bonds is 7. The van der Waals surface area contributed by atoms with Crippen LogP contribution >= 0.6 is 11.6 Å². The van der Waals surface area contributed by atoms with E-state index in [2.05, 4.69) is 25.8 Å². The number of tetrazole rings is 1. The average Bonchev–Trinajstić information content (AvgIpc) is 2.82. The average molecular weight is 257 g/mol. The molecule has 0 saturated carbocycles. The minimum Gasteiger partial charge on any atom is -0.380 e. The van der Waals surface area contributed by atoms with Gasteiger partial charge >= 0.3 is 0 Å². The third kappa shape index (κ3) is 3.24. The van der Waals surface area contributed by atoms with Gasteiger partial charge < -0.3 is 10.1 Å². The van der Waals surface area contributed by atoms with Crippen molar-refractivity contribution in [2.75, 3.05) is 31.0 Å². The van der Waals surface area contributed by atoms with Crippen molar-refractivity contribution in [1.82, 2.24) is 25.0 Å². The molecule has 0 unspecified atom stereocenters. The van der Waals surface area contributed by atoms with E-state index in [-0.39, 0.29) is 0 Å². The molecule has 0 amide bonds. The molecule has 0 aliphatic carbocycles. The van der Waals surface area contributed by atoms with Gasteiger partial charge in [0.2, 0.25) is 0 Å². The van der Waals surface area contributed by atoms with E-state index < -0.39 is 0 Å². The zero-order valence-corrected chi connectivity index (χ0v) is 9.97. The first-order chi connectivity index (χ1) is 8.42. The molecule has 2 aromatic heterocycles. The first-order valence-electron chi connectivity index (χ1n) is 5.31. The van der Waals surface area contributed by atoms with E-state index in [0.29, 0.717) is 24.7 Å². The summed E-state index contributed by atoms with van der Waals surface area (Å²) in [7, 11) is 0. The smallest absolute Gasteiger partial charge is 0.199 e. The van der Waals surface area contributed by atoms with Crippen LogP contribution in [0.3, 0.4) is 0 Å². The van der Waals surface area contributed by atoms with E-state index in [9.17, 15) is 0 Å². The van der Waals surface area contributed by atoms with Gasteiger partial charge in [0.15, 0.2) is 5.65 Å². The van der Waals surface area contributed by atoms with Crippen molar-refractivity contribution in [3.8, 4) is 0 Å². The van der Waals surface area contributed by atoms with Crippen LogP contribution in [0.2, 0.25) is 0 Å². The molecule has 0 spiro atoms. The van der Waals surface area contributed by atoms with Crippen molar-refractivity contribution in [3.05, 3.63) is 12.4 Å². The molecule has 0 aromatic carbocycles. The largest absolute Gasteiger partial charge is 0.380 e. The molecule has 17 heavy (non-hydrogen) atoms. The molecule has 0 aliphatic rings. The zero-order chi connectivity index (χ0) is 11.9. The predicted molar refractivity (Wildman–Crippen MR) is 63.2 cm³/mol.